The summed E-state index contributed by atoms with van der Waals surface area (Å²) in [7, 11) is 0. The minimum absolute atomic E-state index is 0.332. The quantitative estimate of drug-likeness (QED) is 0.905. The molecule has 1 unspecified atom stereocenters. The van der Waals surface area contributed by atoms with Crippen LogP contribution >= 0.6 is 11.6 Å². The van der Waals surface area contributed by atoms with Crippen molar-refractivity contribution in [3.8, 4) is 0 Å². The lowest BCUT2D eigenvalue weighted by atomic mass is 10.1. The highest BCUT2D eigenvalue weighted by atomic mass is 35.5. The molecule has 6 heteroatoms. The fourth-order valence-corrected chi connectivity index (χ4v) is 2.92. The second-order valence-electron chi connectivity index (χ2n) is 5.12. The van der Waals surface area contributed by atoms with Gasteiger partial charge >= 0.3 is 0 Å². The monoisotopic (exact) mass is 300 g/mol. The van der Waals surface area contributed by atoms with Gasteiger partial charge in [-0.3, -0.25) is 4.90 Å². The first kappa shape index (κ1) is 15.5. The summed E-state index contributed by atoms with van der Waals surface area (Å²) >= 11 is 5.73. The maximum absolute atomic E-state index is 13.9. The number of halogens is 2. The molecule has 1 aromatic rings. The van der Waals surface area contributed by atoms with Crippen LogP contribution in [0.15, 0.2) is 12.3 Å². The van der Waals surface area contributed by atoms with Crippen LogP contribution < -0.4 is 10.6 Å². The molecule has 0 spiro atoms. The molecule has 0 amide bonds. The number of piperazine rings is 1. The lowest BCUT2D eigenvalue weighted by molar-refractivity contribution is 0.172. The first-order chi connectivity index (χ1) is 9.65. The Morgan fingerprint density at radius 3 is 2.65 bits per heavy atom. The smallest absolute Gasteiger partial charge is 0.167 e. The molecule has 1 aliphatic rings. The van der Waals surface area contributed by atoms with E-state index in [0.717, 1.165) is 39.0 Å². The molecular formula is C14H22ClFN4. The zero-order chi connectivity index (χ0) is 14.5. The molecule has 2 N–H and O–H groups in total. The number of rotatable bonds is 5. The van der Waals surface area contributed by atoms with Gasteiger partial charge in [0.25, 0.3) is 0 Å². The summed E-state index contributed by atoms with van der Waals surface area (Å²) in [6.07, 6.45) is 3.62. The van der Waals surface area contributed by atoms with Gasteiger partial charge in [-0.15, -0.1) is 0 Å². The van der Waals surface area contributed by atoms with Gasteiger partial charge in [0.05, 0.1) is 5.02 Å². The first-order valence-corrected chi connectivity index (χ1v) is 7.53. The summed E-state index contributed by atoms with van der Waals surface area (Å²) in [4.78, 5) is 8.53. The SMILES string of the molecule is CCC(CCN)N1CCN(c2ncc(Cl)cc2F)CC1. The van der Waals surface area contributed by atoms with Gasteiger partial charge in [-0.25, -0.2) is 9.37 Å². The normalized spacial score (nSPS) is 18.3. The average molecular weight is 301 g/mol. The molecule has 20 heavy (non-hydrogen) atoms. The molecule has 2 heterocycles. The molecule has 4 nitrogen and oxygen atoms in total. The summed E-state index contributed by atoms with van der Waals surface area (Å²) in [6.45, 7) is 6.31. The van der Waals surface area contributed by atoms with Crippen LogP contribution in [0.4, 0.5) is 10.2 Å². The number of anilines is 1. The first-order valence-electron chi connectivity index (χ1n) is 7.15. The summed E-state index contributed by atoms with van der Waals surface area (Å²) in [6, 6.07) is 1.85. The maximum Gasteiger partial charge on any atom is 0.167 e. The van der Waals surface area contributed by atoms with Crippen molar-refractivity contribution in [3.05, 3.63) is 23.1 Å². The Morgan fingerprint density at radius 1 is 1.40 bits per heavy atom. The van der Waals surface area contributed by atoms with E-state index in [-0.39, 0.29) is 5.82 Å². The number of hydrogen-bond acceptors (Lipinski definition) is 4. The van der Waals surface area contributed by atoms with Crippen molar-refractivity contribution in [1.82, 2.24) is 9.88 Å². The summed E-state index contributed by atoms with van der Waals surface area (Å²) in [5.74, 6) is 0.0564. The number of nitrogens with two attached hydrogens (primary N) is 1. The molecule has 0 aliphatic carbocycles. The molecule has 1 aliphatic heterocycles. The minimum atomic E-state index is -0.347. The molecular weight excluding hydrogens is 279 g/mol. The third kappa shape index (κ3) is 3.59. The molecule has 1 aromatic heterocycles. The fourth-order valence-electron chi connectivity index (χ4n) is 2.78. The van der Waals surface area contributed by atoms with Gasteiger partial charge in [-0.2, -0.15) is 0 Å². The molecule has 1 saturated heterocycles. The summed E-state index contributed by atoms with van der Waals surface area (Å²) in [5.41, 5.74) is 5.65. The predicted octanol–water partition coefficient (Wildman–Crippen LogP) is 2.12. The van der Waals surface area contributed by atoms with Crippen molar-refractivity contribution < 1.29 is 4.39 Å². The number of hydrogen-bond donors (Lipinski definition) is 1. The van der Waals surface area contributed by atoms with E-state index in [4.69, 9.17) is 17.3 Å². The predicted molar refractivity (Wildman–Crippen MR) is 80.7 cm³/mol. The lowest BCUT2D eigenvalue weighted by Crippen LogP contribution is -2.51. The molecule has 0 aromatic carbocycles. The van der Waals surface area contributed by atoms with Crippen LogP contribution in [0.2, 0.25) is 5.02 Å². The molecule has 2 rings (SSSR count). The van der Waals surface area contributed by atoms with E-state index in [0.29, 0.717) is 23.4 Å². The molecule has 1 atom stereocenters. The van der Waals surface area contributed by atoms with E-state index < -0.39 is 0 Å². The standard InChI is InChI=1S/C14H22ClFN4/c1-2-12(3-4-17)19-5-7-20(8-6-19)14-13(16)9-11(15)10-18-14/h9-10,12H,2-8,17H2,1H3. The zero-order valence-electron chi connectivity index (χ0n) is 11.9. The van der Waals surface area contributed by atoms with E-state index in [1.807, 2.05) is 4.90 Å². The highest BCUT2D eigenvalue weighted by molar-refractivity contribution is 6.30. The van der Waals surface area contributed by atoms with Gasteiger partial charge in [0.15, 0.2) is 11.6 Å². The van der Waals surface area contributed by atoms with Gasteiger partial charge in [0.1, 0.15) is 0 Å². The maximum atomic E-state index is 13.9. The fraction of sp³-hybridized carbons (Fsp3) is 0.643. The van der Waals surface area contributed by atoms with Crippen LogP contribution in [0.25, 0.3) is 0 Å². The van der Waals surface area contributed by atoms with Crippen LogP contribution in [0, 0.1) is 5.82 Å². The van der Waals surface area contributed by atoms with E-state index in [2.05, 4.69) is 16.8 Å². The largest absolute Gasteiger partial charge is 0.352 e. The highest BCUT2D eigenvalue weighted by Crippen LogP contribution is 2.22. The van der Waals surface area contributed by atoms with Crippen molar-refractivity contribution >= 4 is 17.4 Å². The van der Waals surface area contributed by atoms with Gasteiger partial charge < -0.3 is 10.6 Å². The van der Waals surface area contributed by atoms with Gasteiger partial charge in [0.2, 0.25) is 0 Å². The molecule has 0 bridgehead atoms. The number of pyridine rings is 1. The highest BCUT2D eigenvalue weighted by Gasteiger charge is 2.24. The summed E-state index contributed by atoms with van der Waals surface area (Å²) in [5, 5.41) is 0.332. The Hall–Kier alpha value is -0.910. The number of nitrogens with zero attached hydrogens (tertiary/aromatic N) is 3. The summed E-state index contributed by atoms with van der Waals surface area (Å²) < 4.78 is 13.9. The zero-order valence-corrected chi connectivity index (χ0v) is 12.6. The van der Waals surface area contributed by atoms with Crippen LogP contribution in [-0.4, -0.2) is 48.6 Å². The topological polar surface area (TPSA) is 45.4 Å². The third-order valence-electron chi connectivity index (χ3n) is 3.89. The van der Waals surface area contributed by atoms with Crippen LogP contribution in [-0.2, 0) is 0 Å². The van der Waals surface area contributed by atoms with Crippen LogP contribution in [0.5, 0.6) is 0 Å². The Labute approximate surface area is 124 Å². The number of aromatic nitrogens is 1. The molecule has 0 radical (unpaired) electrons. The Bertz CT molecular complexity index is 435. The second kappa shape index (κ2) is 7.20. The van der Waals surface area contributed by atoms with E-state index >= 15 is 0 Å². The minimum Gasteiger partial charge on any atom is -0.352 e. The Kier molecular flexibility index (Phi) is 5.57. The van der Waals surface area contributed by atoms with E-state index in [1.165, 1.54) is 12.3 Å². The van der Waals surface area contributed by atoms with Crippen molar-refractivity contribution in [2.75, 3.05) is 37.6 Å². The molecule has 112 valence electrons. The Balaban J connectivity index is 1.97. The van der Waals surface area contributed by atoms with Crippen molar-refractivity contribution in [2.24, 2.45) is 5.73 Å². The van der Waals surface area contributed by atoms with Crippen LogP contribution in [0.3, 0.4) is 0 Å². The van der Waals surface area contributed by atoms with Crippen molar-refractivity contribution in [2.45, 2.75) is 25.8 Å². The lowest BCUT2D eigenvalue weighted by Gasteiger charge is -2.39. The van der Waals surface area contributed by atoms with Gasteiger partial charge in [-0.1, -0.05) is 18.5 Å². The molecule has 0 saturated carbocycles. The average Bonchev–Trinajstić information content (AvgIpc) is 2.45. The van der Waals surface area contributed by atoms with E-state index in [1.54, 1.807) is 0 Å². The van der Waals surface area contributed by atoms with E-state index in [9.17, 15) is 4.39 Å². The van der Waals surface area contributed by atoms with Crippen molar-refractivity contribution in [1.29, 1.82) is 0 Å². The van der Waals surface area contributed by atoms with Gasteiger partial charge in [-0.05, 0) is 25.5 Å². The van der Waals surface area contributed by atoms with Crippen molar-refractivity contribution in [3.63, 3.8) is 0 Å². The Morgan fingerprint density at radius 2 is 2.10 bits per heavy atom. The molecule has 1 fully saturated rings. The second-order valence-corrected chi connectivity index (χ2v) is 5.56. The van der Waals surface area contributed by atoms with Crippen LogP contribution in [0.1, 0.15) is 19.8 Å². The third-order valence-corrected chi connectivity index (χ3v) is 4.10. The van der Waals surface area contributed by atoms with Gasteiger partial charge in [0, 0.05) is 38.4 Å².